The van der Waals surface area contributed by atoms with E-state index < -0.39 is 0 Å². The van der Waals surface area contributed by atoms with Gasteiger partial charge in [0.1, 0.15) is 0 Å². The molecule has 0 aliphatic heterocycles. The Balaban J connectivity index is 1.90. The number of rotatable bonds is 6. The minimum Gasteiger partial charge on any atom is -0.462 e. The van der Waals surface area contributed by atoms with Crippen molar-refractivity contribution < 1.29 is 14.3 Å². The topological polar surface area (TPSA) is 84.1 Å². The van der Waals surface area contributed by atoms with Gasteiger partial charge < -0.3 is 10.1 Å². The third-order valence-corrected chi connectivity index (χ3v) is 2.75. The molecule has 21 heavy (non-hydrogen) atoms. The molecule has 1 heterocycles. The molecular weight excluding hydrogens is 270 g/mol. The van der Waals surface area contributed by atoms with Crippen LogP contribution in [0.15, 0.2) is 36.5 Å². The number of aromatic amines is 1. The van der Waals surface area contributed by atoms with Crippen molar-refractivity contribution in [2.75, 3.05) is 11.9 Å². The highest BCUT2D eigenvalue weighted by molar-refractivity contribution is 5.93. The molecule has 0 aliphatic rings. The van der Waals surface area contributed by atoms with Crippen molar-refractivity contribution in [2.24, 2.45) is 0 Å². The Morgan fingerprint density at radius 3 is 2.62 bits per heavy atom. The lowest BCUT2D eigenvalue weighted by molar-refractivity contribution is -0.115. The summed E-state index contributed by atoms with van der Waals surface area (Å²) in [4.78, 5) is 23.4. The van der Waals surface area contributed by atoms with Gasteiger partial charge in [-0.2, -0.15) is 5.10 Å². The zero-order chi connectivity index (χ0) is 15.1. The highest BCUT2D eigenvalue weighted by Gasteiger charge is 2.08. The number of H-pyrrole nitrogens is 1. The van der Waals surface area contributed by atoms with Crippen molar-refractivity contribution in [1.82, 2.24) is 10.2 Å². The molecule has 1 aromatic carbocycles. The van der Waals surface area contributed by atoms with Gasteiger partial charge in [-0.15, -0.1) is 0 Å². The zero-order valence-corrected chi connectivity index (χ0v) is 11.8. The van der Waals surface area contributed by atoms with Gasteiger partial charge in [0.25, 0.3) is 0 Å². The van der Waals surface area contributed by atoms with E-state index in [9.17, 15) is 9.59 Å². The number of carbonyl (C=O) groups excluding carboxylic acids is 2. The van der Waals surface area contributed by atoms with E-state index in [0.717, 1.165) is 12.1 Å². The number of carbonyl (C=O) groups is 2. The van der Waals surface area contributed by atoms with E-state index in [0.29, 0.717) is 17.9 Å². The molecule has 0 fully saturated rings. The molecule has 0 atom stereocenters. The van der Waals surface area contributed by atoms with Gasteiger partial charge >= 0.3 is 5.97 Å². The van der Waals surface area contributed by atoms with Crippen LogP contribution >= 0.6 is 0 Å². The van der Waals surface area contributed by atoms with Crippen molar-refractivity contribution in [1.29, 1.82) is 0 Å². The largest absolute Gasteiger partial charge is 0.462 e. The summed E-state index contributed by atoms with van der Waals surface area (Å²) in [5.74, 6) is -0.507. The molecule has 2 aromatic rings. The minimum absolute atomic E-state index is 0.152. The smallest absolute Gasteiger partial charge is 0.338 e. The standard InChI is InChI=1S/C15H17N3O3/c1-2-9-21-15(20)11-3-5-12(6-4-11)17-14(19)10-13-7-8-16-18-13/h3-8H,2,9-10H2,1H3,(H,16,18)(H,17,19). The highest BCUT2D eigenvalue weighted by atomic mass is 16.5. The second-order valence-electron chi connectivity index (χ2n) is 4.52. The normalized spacial score (nSPS) is 10.1. The monoisotopic (exact) mass is 287 g/mol. The molecule has 1 aromatic heterocycles. The minimum atomic E-state index is -0.354. The number of hydrogen-bond acceptors (Lipinski definition) is 4. The van der Waals surface area contributed by atoms with Crippen LogP contribution in [0.4, 0.5) is 5.69 Å². The summed E-state index contributed by atoms with van der Waals surface area (Å²) in [6.07, 6.45) is 2.60. The molecular formula is C15H17N3O3. The predicted molar refractivity (Wildman–Crippen MR) is 77.9 cm³/mol. The summed E-state index contributed by atoms with van der Waals surface area (Å²) in [6.45, 7) is 2.34. The molecule has 1 amide bonds. The number of benzene rings is 1. The second-order valence-corrected chi connectivity index (χ2v) is 4.52. The molecule has 0 spiro atoms. The van der Waals surface area contributed by atoms with Crippen LogP contribution < -0.4 is 5.32 Å². The lowest BCUT2D eigenvalue weighted by Crippen LogP contribution is -2.14. The number of hydrogen-bond donors (Lipinski definition) is 2. The van der Waals surface area contributed by atoms with Gasteiger partial charge in [-0.1, -0.05) is 6.92 Å². The number of nitrogens with zero attached hydrogens (tertiary/aromatic N) is 1. The van der Waals surface area contributed by atoms with E-state index >= 15 is 0 Å². The summed E-state index contributed by atoms with van der Waals surface area (Å²) < 4.78 is 5.03. The molecule has 2 rings (SSSR count). The Morgan fingerprint density at radius 1 is 1.24 bits per heavy atom. The van der Waals surface area contributed by atoms with Crippen molar-refractivity contribution >= 4 is 17.6 Å². The van der Waals surface area contributed by atoms with Crippen LogP contribution in [0.2, 0.25) is 0 Å². The maximum absolute atomic E-state index is 11.8. The fourth-order valence-electron chi connectivity index (χ4n) is 1.73. The number of amides is 1. The molecule has 0 bridgehead atoms. The maximum atomic E-state index is 11.8. The first-order valence-electron chi connectivity index (χ1n) is 6.74. The molecule has 2 N–H and O–H groups in total. The van der Waals surface area contributed by atoms with Gasteiger partial charge in [-0.25, -0.2) is 4.79 Å². The van der Waals surface area contributed by atoms with Crippen LogP contribution in [-0.2, 0) is 16.0 Å². The first kappa shape index (κ1) is 14.8. The van der Waals surface area contributed by atoms with Crippen molar-refractivity contribution in [3.63, 3.8) is 0 Å². The van der Waals surface area contributed by atoms with Gasteiger partial charge in [0.15, 0.2) is 0 Å². The van der Waals surface area contributed by atoms with Crippen LogP contribution in [0.25, 0.3) is 0 Å². The van der Waals surface area contributed by atoms with E-state index in [1.54, 1.807) is 36.5 Å². The first-order valence-corrected chi connectivity index (χ1v) is 6.74. The van der Waals surface area contributed by atoms with Gasteiger partial charge in [-0.05, 0) is 36.8 Å². The SMILES string of the molecule is CCCOC(=O)c1ccc(NC(=O)Cc2ccn[nH]2)cc1. The summed E-state index contributed by atoms with van der Waals surface area (Å²) in [6, 6.07) is 8.35. The van der Waals surface area contributed by atoms with Gasteiger partial charge in [0.2, 0.25) is 5.91 Å². The molecule has 0 aliphatic carbocycles. The summed E-state index contributed by atoms with van der Waals surface area (Å²) in [5, 5.41) is 9.26. The third kappa shape index (κ3) is 4.45. The molecule has 0 unspecified atom stereocenters. The fourth-order valence-corrected chi connectivity index (χ4v) is 1.73. The molecule has 0 radical (unpaired) electrons. The average Bonchev–Trinajstić information content (AvgIpc) is 2.98. The highest BCUT2D eigenvalue weighted by Crippen LogP contribution is 2.11. The maximum Gasteiger partial charge on any atom is 0.338 e. The van der Waals surface area contributed by atoms with E-state index in [4.69, 9.17) is 4.74 Å². The van der Waals surface area contributed by atoms with E-state index in [1.807, 2.05) is 6.92 Å². The summed E-state index contributed by atoms with van der Waals surface area (Å²) >= 11 is 0. The fraction of sp³-hybridized carbons (Fsp3) is 0.267. The molecule has 0 saturated heterocycles. The lowest BCUT2D eigenvalue weighted by atomic mass is 10.2. The predicted octanol–water partition coefficient (Wildman–Crippen LogP) is 2.16. The summed E-state index contributed by atoms with van der Waals surface area (Å²) in [7, 11) is 0. The van der Waals surface area contributed by atoms with Gasteiger partial charge in [0.05, 0.1) is 18.6 Å². The van der Waals surface area contributed by atoms with E-state index in [2.05, 4.69) is 15.5 Å². The zero-order valence-electron chi connectivity index (χ0n) is 11.8. The van der Waals surface area contributed by atoms with Gasteiger partial charge in [-0.3, -0.25) is 9.89 Å². The van der Waals surface area contributed by atoms with Crippen LogP contribution in [0, 0.1) is 0 Å². The van der Waals surface area contributed by atoms with E-state index in [-0.39, 0.29) is 18.3 Å². The molecule has 0 saturated carbocycles. The van der Waals surface area contributed by atoms with Crippen molar-refractivity contribution in [2.45, 2.75) is 19.8 Å². The van der Waals surface area contributed by atoms with Crippen molar-refractivity contribution in [3.05, 3.63) is 47.8 Å². The van der Waals surface area contributed by atoms with Crippen LogP contribution in [0.5, 0.6) is 0 Å². The number of ether oxygens (including phenoxy) is 1. The average molecular weight is 287 g/mol. The Bertz CT molecular complexity index is 591. The Kier molecular flexibility index (Phi) is 5.09. The lowest BCUT2D eigenvalue weighted by Gasteiger charge is -2.06. The Morgan fingerprint density at radius 2 is 2.00 bits per heavy atom. The molecule has 6 nitrogen and oxygen atoms in total. The first-order chi connectivity index (χ1) is 10.2. The summed E-state index contributed by atoms with van der Waals surface area (Å²) in [5.41, 5.74) is 1.84. The van der Waals surface area contributed by atoms with E-state index in [1.165, 1.54) is 0 Å². The van der Waals surface area contributed by atoms with Crippen molar-refractivity contribution in [3.8, 4) is 0 Å². The van der Waals surface area contributed by atoms with Gasteiger partial charge in [0, 0.05) is 17.6 Å². The van der Waals surface area contributed by atoms with Crippen LogP contribution in [0.1, 0.15) is 29.4 Å². The molecule has 110 valence electrons. The van der Waals surface area contributed by atoms with Crippen LogP contribution in [-0.4, -0.2) is 28.7 Å². The second kappa shape index (κ2) is 7.23. The third-order valence-electron chi connectivity index (χ3n) is 2.75. The molecule has 6 heteroatoms. The Labute approximate surface area is 122 Å². The number of anilines is 1. The number of aromatic nitrogens is 2. The Hall–Kier alpha value is -2.63. The quantitative estimate of drug-likeness (QED) is 0.797. The van der Waals surface area contributed by atoms with Crippen LogP contribution in [0.3, 0.4) is 0 Å². The number of nitrogens with one attached hydrogen (secondary N) is 2. The number of esters is 1.